The summed E-state index contributed by atoms with van der Waals surface area (Å²) in [5, 5.41) is 14.4. The van der Waals surface area contributed by atoms with Crippen LogP contribution < -0.4 is 15.4 Å². The Hall–Kier alpha value is -4.69. The summed E-state index contributed by atoms with van der Waals surface area (Å²) in [4.78, 5) is 52.0. The highest BCUT2D eigenvalue weighted by Crippen LogP contribution is 2.35. The molecule has 1 atom stereocenters. The summed E-state index contributed by atoms with van der Waals surface area (Å²) in [6.45, 7) is 7.56. The van der Waals surface area contributed by atoms with E-state index in [0.29, 0.717) is 40.8 Å². The van der Waals surface area contributed by atoms with Crippen molar-refractivity contribution in [2.24, 2.45) is 0 Å². The molecule has 0 unspecified atom stereocenters. The molecule has 4 aromatic rings. The number of anilines is 1. The monoisotopic (exact) mass is 679 g/mol. The molecule has 4 rings (SSSR count). The van der Waals surface area contributed by atoms with Crippen LogP contribution in [-0.2, 0) is 33.8 Å². The number of aryl methyl sites for hydroxylation is 1. The van der Waals surface area contributed by atoms with Crippen LogP contribution in [0.5, 0.6) is 5.75 Å². The number of amides is 2. The van der Waals surface area contributed by atoms with E-state index in [-0.39, 0.29) is 41.1 Å². The predicted molar refractivity (Wildman–Crippen MR) is 179 cm³/mol. The van der Waals surface area contributed by atoms with E-state index in [1.54, 1.807) is 52.0 Å². The zero-order chi connectivity index (χ0) is 33.9. The number of ether oxygens (including phenoxy) is 3. The first-order chi connectivity index (χ1) is 22.7. The van der Waals surface area contributed by atoms with Crippen molar-refractivity contribution in [2.45, 2.75) is 57.6 Å². The summed E-state index contributed by atoms with van der Waals surface area (Å²) in [6.07, 6.45) is 0.661. The summed E-state index contributed by atoms with van der Waals surface area (Å²) in [6, 6.07) is 16.8. The average Bonchev–Trinajstić information content (AvgIpc) is 3.61. The molecule has 2 N–H and O–H groups in total. The van der Waals surface area contributed by atoms with Gasteiger partial charge in [0.25, 0.3) is 5.91 Å². The lowest BCUT2D eigenvalue weighted by Crippen LogP contribution is -2.26. The minimum Gasteiger partial charge on any atom is -0.496 e. The molecule has 0 aliphatic carbocycles. The summed E-state index contributed by atoms with van der Waals surface area (Å²) in [7, 11) is 1.50. The van der Waals surface area contributed by atoms with E-state index in [1.165, 1.54) is 18.9 Å². The number of aromatic nitrogens is 3. The fourth-order valence-electron chi connectivity index (χ4n) is 4.60. The zero-order valence-corrected chi connectivity index (χ0v) is 28.5. The quantitative estimate of drug-likeness (QED) is 0.125. The van der Waals surface area contributed by atoms with E-state index in [1.807, 2.05) is 34.9 Å². The summed E-state index contributed by atoms with van der Waals surface area (Å²) in [5.74, 6) is -1.01. The van der Waals surface area contributed by atoms with E-state index < -0.39 is 23.1 Å². The number of nitrogens with zero attached hydrogens (tertiary/aromatic N) is 3. The Morgan fingerprint density at radius 1 is 0.957 bits per heavy atom. The molecule has 12 nitrogen and oxygen atoms in total. The molecule has 2 amide bonds. The number of carbonyl (C=O) groups excluding carboxylic acids is 4. The van der Waals surface area contributed by atoms with E-state index in [4.69, 9.17) is 14.2 Å². The molecule has 47 heavy (non-hydrogen) atoms. The Labute approximate surface area is 281 Å². The molecule has 0 fully saturated rings. The molecular weight excluding hydrogens is 643 g/mol. The molecule has 2 heterocycles. The Morgan fingerprint density at radius 2 is 1.64 bits per heavy atom. The molecule has 0 saturated carbocycles. The molecule has 2 aromatic carbocycles. The second-order valence-electron chi connectivity index (χ2n) is 10.1. The largest absolute Gasteiger partial charge is 0.496 e. The number of rotatable bonds is 15. The third-order valence-electron chi connectivity index (χ3n) is 6.99. The molecule has 0 bridgehead atoms. The number of carbonyl (C=O) groups is 4. The van der Waals surface area contributed by atoms with Gasteiger partial charge in [-0.3, -0.25) is 9.59 Å². The van der Waals surface area contributed by atoms with Gasteiger partial charge >= 0.3 is 11.9 Å². The Kier molecular flexibility index (Phi) is 12.5. The third-order valence-corrected chi connectivity index (χ3v) is 9.26. The number of thiophene rings is 1. The van der Waals surface area contributed by atoms with E-state index >= 15 is 0 Å². The SMILES string of the molecule is CCOC(=O)c1sc(NC(=O)[C@@H](C)Sc2nnc(CNC(=O)c3ccccc3OC)n2CCc2ccccc2)c(C(=O)OCC)c1C. The Balaban J connectivity index is 1.55. The van der Waals surface area contributed by atoms with Crippen molar-refractivity contribution in [1.82, 2.24) is 20.1 Å². The maximum Gasteiger partial charge on any atom is 0.348 e. The fraction of sp³-hybridized carbons (Fsp3) is 0.333. The molecule has 0 aliphatic rings. The van der Waals surface area contributed by atoms with Gasteiger partial charge in [0, 0.05) is 6.54 Å². The van der Waals surface area contributed by atoms with E-state index in [0.717, 1.165) is 16.9 Å². The van der Waals surface area contributed by atoms with Gasteiger partial charge in [-0.1, -0.05) is 54.2 Å². The van der Waals surface area contributed by atoms with Crippen molar-refractivity contribution in [1.29, 1.82) is 0 Å². The number of thioether (sulfide) groups is 1. The number of methoxy groups -OCH3 is 1. The standard InChI is InChI=1S/C33H37N5O7S2/c1-6-44-31(41)26-20(3)27(32(42)45-7-2)47-30(26)35-28(39)21(4)46-33-37-36-25(38(33)18-17-22-13-9-8-10-14-22)19-34-29(40)23-15-11-12-16-24(23)43-5/h8-16,21H,6-7,17-19H2,1-5H3,(H,34,40)(H,35,39)/t21-/m1/s1. The number of hydrogen-bond donors (Lipinski definition) is 2. The summed E-state index contributed by atoms with van der Waals surface area (Å²) < 4.78 is 17.5. The van der Waals surface area contributed by atoms with Crippen molar-refractivity contribution in [2.75, 3.05) is 25.6 Å². The molecule has 14 heteroatoms. The molecule has 248 valence electrons. The van der Waals surface area contributed by atoms with Gasteiger partial charge in [-0.15, -0.1) is 21.5 Å². The van der Waals surface area contributed by atoms with Crippen LogP contribution in [0, 0.1) is 6.92 Å². The molecular formula is C33H37N5O7S2. The smallest absolute Gasteiger partial charge is 0.348 e. The summed E-state index contributed by atoms with van der Waals surface area (Å²) >= 11 is 2.15. The van der Waals surface area contributed by atoms with Crippen LogP contribution in [0.2, 0.25) is 0 Å². The second-order valence-corrected chi connectivity index (χ2v) is 12.4. The van der Waals surface area contributed by atoms with Crippen LogP contribution in [0.1, 0.15) is 68.1 Å². The van der Waals surface area contributed by atoms with Crippen molar-refractivity contribution in [3.63, 3.8) is 0 Å². The van der Waals surface area contributed by atoms with Crippen LogP contribution in [0.25, 0.3) is 0 Å². The normalized spacial score (nSPS) is 11.4. The molecule has 0 radical (unpaired) electrons. The maximum atomic E-state index is 13.5. The van der Waals surface area contributed by atoms with Crippen LogP contribution in [0.15, 0.2) is 59.8 Å². The number of nitrogens with one attached hydrogen (secondary N) is 2. The van der Waals surface area contributed by atoms with Crippen LogP contribution in [-0.4, -0.2) is 64.1 Å². The predicted octanol–water partition coefficient (Wildman–Crippen LogP) is 5.30. The van der Waals surface area contributed by atoms with Crippen LogP contribution in [0.3, 0.4) is 0 Å². The lowest BCUT2D eigenvalue weighted by Gasteiger charge is -2.15. The molecule has 0 spiro atoms. The van der Waals surface area contributed by atoms with Crippen LogP contribution in [0.4, 0.5) is 5.00 Å². The maximum absolute atomic E-state index is 13.5. The Morgan fingerprint density at radius 3 is 2.34 bits per heavy atom. The average molecular weight is 680 g/mol. The molecule has 0 aliphatic heterocycles. The topological polar surface area (TPSA) is 151 Å². The molecule has 0 saturated heterocycles. The van der Waals surface area contributed by atoms with E-state index in [2.05, 4.69) is 20.8 Å². The van der Waals surface area contributed by atoms with Gasteiger partial charge < -0.3 is 29.4 Å². The summed E-state index contributed by atoms with van der Waals surface area (Å²) in [5.41, 5.74) is 1.98. The number of hydrogen-bond acceptors (Lipinski definition) is 11. The van der Waals surface area contributed by atoms with Crippen molar-refractivity contribution in [3.05, 3.63) is 87.6 Å². The zero-order valence-electron chi connectivity index (χ0n) is 26.8. The van der Waals surface area contributed by atoms with Gasteiger partial charge in [-0.05, 0) is 57.4 Å². The van der Waals surface area contributed by atoms with Gasteiger partial charge in [-0.2, -0.15) is 0 Å². The van der Waals surface area contributed by atoms with Gasteiger partial charge in [0.15, 0.2) is 11.0 Å². The lowest BCUT2D eigenvalue weighted by molar-refractivity contribution is -0.115. The van der Waals surface area contributed by atoms with Gasteiger partial charge in [0.05, 0.1) is 43.2 Å². The number of benzene rings is 2. The fourth-order valence-corrected chi connectivity index (χ4v) is 6.59. The van der Waals surface area contributed by atoms with Gasteiger partial charge in [-0.25, -0.2) is 9.59 Å². The Bertz CT molecular complexity index is 1720. The lowest BCUT2D eigenvalue weighted by atomic mass is 10.1. The third kappa shape index (κ3) is 8.77. The number of para-hydroxylation sites is 1. The number of esters is 2. The minimum absolute atomic E-state index is 0.0911. The van der Waals surface area contributed by atoms with Crippen molar-refractivity contribution in [3.8, 4) is 5.75 Å². The second kappa shape index (κ2) is 16.7. The first-order valence-electron chi connectivity index (χ1n) is 15.0. The molecule has 2 aromatic heterocycles. The first kappa shape index (κ1) is 35.2. The highest BCUT2D eigenvalue weighted by atomic mass is 32.2. The highest BCUT2D eigenvalue weighted by molar-refractivity contribution is 8.00. The minimum atomic E-state index is -0.686. The van der Waals surface area contributed by atoms with E-state index in [9.17, 15) is 19.2 Å². The highest BCUT2D eigenvalue weighted by Gasteiger charge is 2.29. The van der Waals surface area contributed by atoms with Crippen LogP contribution >= 0.6 is 23.1 Å². The van der Waals surface area contributed by atoms with Crippen molar-refractivity contribution < 1.29 is 33.4 Å². The first-order valence-corrected chi connectivity index (χ1v) is 16.7. The van der Waals surface area contributed by atoms with Gasteiger partial charge in [0.2, 0.25) is 5.91 Å². The van der Waals surface area contributed by atoms with Crippen molar-refractivity contribution >= 4 is 51.9 Å². The van der Waals surface area contributed by atoms with Gasteiger partial charge in [0.1, 0.15) is 15.6 Å².